The molecule has 0 bridgehead atoms. The van der Waals surface area contributed by atoms with Crippen molar-refractivity contribution in [3.8, 4) is 11.5 Å². The molecule has 0 heterocycles. The van der Waals surface area contributed by atoms with Gasteiger partial charge in [0.2, 0.25) is 0 Å². The van der Waals surface area contributed by atoms with E-state index in [1.165, 1.54) is 31.7 Å². The minimum atomic E-state index is 0.135. The first-order valence-electron chi connectivity index (χ1n) is 6.70. The molecule has 0 aliphatic heterocycles. The summed E-state index contributed by atoms with van der Waals surface area (Å²) in [6, 6.07) is 4.97. The summed E-state index contributed by atoms with van der Waals surface area (Å²) in [5, 5.41) is 19.2. The van der Waals surface area contributed by atoms with Crippen LogP contribution >= 0.6 is 0 Å². The summed E-state index contributed by atoms with van der Waals surface area (Å²) in [5.41, 5.74) is 0.990. The number of aromatic hydroxyl groups is 2. The Hall–Kier alpha value is -1.18. The summed E-state index contributed by atoms with van der Waals surface area (Å²) in [5.74, 6) is 0.800. The van der Waals surface area contributed by atoms with Crippen LogP contribution in [-0.2, 0) is 0 Å². The number of unbranched alkanes of at least 4 members (excludes halogenated alkanes) is 2. The van der Waals surface area contributed by atoms with Crippen LogP contribution in [-0.4, -0.2) is 10.2 Å². The predicted molar refractivity (Wildman–Crippen MR) is 71.6 cm³/mol. The van der Waals surface area contributed by atoms with Gasteiger partial charge in [0.25, 0.3) is 0 Å². The van der Waals surface area contributed by atoms with E-state index in [0.717, 1.165) is 18.4 Å². The fraction of sp³-hybridized carbons (Fsp3) is 0.600. The van der Waals surface area contributed by atoms with Crippen molar-refractivity contribution in [1.82, 2.24) is 0 Å². The first-order valence-corrected chi connectivity index (χ1v) is 6.70. The molecule has 1 rings (SSSR count). The summed E-state index contributed by atoms with van der Waals surface area (Å²) >= 11 is 0. The van der Waals surface area contributed by atoms with Crippen LogP contribution in [0.25, 0.3) is 0 Å². The van der Waals surface area contributed by atoms with E-state index in [1.54, 1.807) is 6.07 Å². The smallest absolute Gasteiger partial charge is 0.122 e. The monoisotopic (exact) mass is 236 g/mol. The lowest BCUT2D eigenvalue weighted by Crippen LogP contribution is -1.99. The molecule has 17 heavy (non-hydrogen) atoms. The number of rotatable bonds is 7. The lowest BCUT2D eigenvalue weighted by atomic mass is 9.88. The van der Waals surface area contributed by atoms with Gasteiger partial charge in [0.15, 0.2) is 0 Å². The molecule has 0 atom stereocenters. The molecule has 0 amide bonds. The predicted octanol–water partition coefficient (Wildman–Crippen LogP) is 4.56. The van der Waals surface area contributed by atoms with E-state index >= 15 is 0 Å². The Bertz CT molecular complexity index is 326. The quantitative estimate of drug-likeness (QED) is 0.728. The molecule has 0 unspecified atom stereocenters. The second-order valence-corrected chi connectivity index (χ2v) is 4.72. The van der Waals surface area contributed by atoms with Crippen LogP contribution in [0.1, 0.15) is 63.9 Å². The topological polar surface area (TPSA) is 40.5 Å². The van der Waals surface area contributed by atoms with Crippen molar-refractivity contribution >= 4 is 0 Å². The molecule has 1 aromatic carbocycles. The first kappa shape index (κ1) is 13.9. The summed E-state index contributed by atoms with van der Waals surface area (Å²) < 4.78 is 0. The molecule has 2 nitrogen and oxygen atoms in total. The maximum Gasteiger partial charge on any atom is 0.122 e. The average molecular weight is 236 g/mol. The van der Waals surface area contributed by atoms with E-state index in [1.807, 2.05) is 6.07 Å². The molecule has 0 aliphatic rings. The average Bonchev–Trinajstić information content (AvgIpc) is 2.30. The third-order valence-corrected chi connectivity index (χ3v) is 3.27. The molecule has 0 spiro atoms. The summed E-state index contributed by atoms with van der Waals surface area (Å²) in [6.07, 6.45) is 6.98. The molecule has 2 N–H and O–H groups in total. The third kappa shape index (κ3) is 4.29. The molecule has 1 aromatic rings. The van der Waals surface area contributed by atoms with Crippen molar-refractivity contribution in [2.45, 2.75) is 58.3 Å². The standard InChI is InChI=1S/C15H24O2/c1-3-5-7-12(8-6-4-2)14-10-9-13(16)11-15(14)17/h9-12,16-17H,3-8H2,1-2H3. The van der Waals surface area contributed by atoms with Crippen molar-refractivity contribution in [2.24, 2.45) is 0 Å². The van der Waals surface area contributed by atoms with Gasteiger partial charge in [-0.1, -0.05) is 45.6 Å². The van der Waals surface area contributed by atoms with Gasteiger partial charge in [-0.25, -0.2) is 0 Å². The summed E-state index contributed by atoms with van der Waals surface area (Å²) in [7, 11) is 0. The molecule has 96 valence electrons. The van der Waals surface area contributed by atoms with Crippen molar-refractivity contribution < 1.29 is 10.2 Å². The van der Waals surface area contributed by atoms with Crippen molar-refractivity contribution in [2.75, 3.05) is 0 Å². The Morgan fingerprint density at radius 2 is 1.59 bits per heavy atom. The molecule has 2 heteroatoms. The third-order valence-electron chi connectivity index (χ3n) is 3.27. The summed E-state index contributed by atoms with van der Waals surface area (Å²) in [4.78, 5) is 0. The summed E-state index contributed by atoms with van der Waals surface area (Å²) in [6.45, 7) is 4.38. The van der Waals surface area contributed by atoms with Gasteiger partial charge in [-0.15, -0.1) is 0 Å². The van der Waals surface area contributed by atoms with E-state index in [2.05, 4.69) is 13.8 Å². The van der Waals surface area contributed by atoms with Crippen molar-refractivity contribution in [3.05, 3.63) is 23.8 Å². The van der Waals surface area contributed by atoms with Crippen molar-refractivity contribution in [3.63, 3.8) is 0 Å². The van der Waals surface area contributed by atoms with E-state index in [4.69, 9.17) is 0 Å². The van der Waals surface area contributed by atoms with Crippen LogP contribution in [0.3, 0.4) is 0 Å². The molecule has 0 fully saturated rings. The lowest BCUT2D eigenvalue weighted by molar-refractivity contribution is 0.431. The van der Waals surface area contributed by atoms with Gasteiger partial charge in [-0.3, -0.25) is 0 Å². The Morgan fingerprint density at radius 3 is 2.06 bits per heavy atom. The minimum absolute atomic E-state index is 0.135. The Kier molecular flexibility index (Phi) is 5.88. The van der Waals surface area contributed by atoms with Gasteiger partial charge in [0.1, 0.15) is 11.5 Å². The Labute approximate surface area is 104 Å². The van der Waals surface area contributed by atoms with Gasteiger partial charge >= 0.3 is 0 Å². The first-order chi connectivity index (χ1) is 8.19. The number of benzene rings is 1. The van der Waals surface area contributed by atoms with E-state index in [9.17, 15) is 10.2 Å². The molecule has 0 saturated heterocycles. The van der Waals surface area contributed by atoms with Crippen LogP contribution in [0.2, 0.25) is 0 Å². The van der Waals surface area contributed by atoms with Gasteiger partial charge in [-0.2, -0.15) is 0 Å². The highest BCUT2D eigenvalue weighted by Gasteiger charge is 2.14. The number of phenols is 2. The molecule has 0 saturated carbocycles. The largest absolute Gasteiger partial charge is 0.508 e. The van der Waals surface area contributed by atoms with Crippen LogP contribution in [0.4, 0.5) is 0 Å². The van der Waals surface area contributed by atoms with Crippen LogP contribution in [0.5, 0.6) is 11.5 Å². The Balaban J connectivity index is 2.79. The maximum absolute atomic E-state index is 9.90. The lowest BCUT2D eigenvalue weighted by Gasteiger charge is -2.18. The number of hydrogen-bond acceptors (Lipinski definition) is 2. The molecular weight excluding hydrogens is 212 g/mol. The van der Waals surface area contributed by atoms with E-state index in [-0.39, 0.29) is 11.5 Å². The highest BCUT2D eigenvalue weighted by molar-refractivity contribution is 5.41. The number of hydrogen-bond donors (Lipinski definition) is 2. The SMILES string of the molecule is CCCCC(CCCC)c1ccc(O)cc1O. The highest BCUT2D eigenvalue weighted by atomic mass is 16.3. The maximum atomic E-state index is 9.90. The van der Waals surface area contributed by atoms with Gasteiger partial charge in [0, 0.05) is 6.07 Å². The zero-order valence-electron chi connectivity index (χ0n) is 10.9. The second-order valence-electron chi connectivity index (χ2n) is 4.72. The van der Waals surface area contributed by atoms with E-state index in [0.29, 0.717) is 5.92 Å². The van der Waals surface area contributed by atoms with Crippen molar-refractivity contribution in [1.29, 1.82) is 0 Å². The van der Waals surface area contributed by atoms with Crippen LogP contribution in [0, 0.1) is 0 Å². The molecule has 0 radical (unpaired) electrons. The van der Waals surface area contributed by atoms with Gasteiger partial charge < -0.3 is 10.2 Å². The molecular formula is C15H24O2. The van der Waals surface area contributed by atoms with Gasteiger partial charge in [-0.05, 0) is 30.4 Å². The zero-order chi connectivity index (χ0) is 12.7. The highest BCUT2D eigenvalue weighted by Crippen LogP contribution is 2.35. The van der Waals surface area contributed by atoms with Crippen LogP contribution < -0.4 is 0 Å². The zero-order valence-corrected chi connectivity index (χ0v) is 10.9. The second kappa shape index (κ2) is 7.21. The Morgan fingerprint density at radius 1 is 1.00 bits per heavy atom. The fourth-order valence-electron chi connectivity index (χ4n) is 2.23. The van der Waals surface area contributed by atoms with Crippen LogP contribution in [0.15, 0.2) is 18.2 Å². The van der Waals surface area contributed by atoms with Gasteiger partial charge in [0.05, 0.1) is 0 Å². The molecule has 0 aliphatic carbocycles. The fourth-order valence-corrected chi connectivity index (χ4v) is 2.23. The number of phenolic OH excluding ortho intramolecular Hbond substituents is 2. The molecule has 0 aromatic heterocycles. The van der Waals surface area contributed by atoms with E-state index < -0.39 is 0 Å². The normalized spacial score (nSPS) is 11.0. The minimum Gasteiger partial charge on any atom is -0.508 e.